The minimum atomic E-state index is -0.154. The van der Waals surface area contributed by atoms with Gasteiger partial charge in [-0.3, -0.25) is 9.59 Å². The first-order valence-electron chi connectivity index (χ1n) is 5.80. The molecule has 0 fully saturated rings. The molecule has 19 heavy (non-hydrogen) atoms. The minimum Gasteiger partial charge on any atom is -0.331 e. The van der Waals surface area contributed by atoms with Crippen molar-refractivity contribution in [2.45, 2.75) is 19.9 Å². The first-order chi connectivity index (χ1) is 9.16. The summed E-state index contributed by atoms with van der Waals surface area (Å²) < 4.78 is 8.02. The maximum atomic E-state index is 12.3. The number of H-pyrrole nitrogens is 1. The lowest BCUT2D eigenvalue weighted by Gasteiger charge is -2.26. The van der Waals surface area contributed by atoms with Gasteiger partial charge in [-0.25, -0.2) is 4.98 Å². The van der Waals surface area contributed by atoms with E-state index in [9.17, 15) is 9.59 Å². The normalized spacial score (nSPS) is 14.3. The average Bonchev–Trinajstić information content (AvgIpc) is 2.84. The second kappa shape index (κ2) is 4.54. The molecule has 0 unspecified atom stereocenters. The smallest absolute Gasteiger partial charge is 0.275 e. The molecule has 0 aliphatic carbocycles. The Morgan fingerprint density at radius 2 is 2.32 bits per heavy atom. The maximum absolute atomic E-state index is 12.3. The summed E-state index contributed by atoms with van der Waals surface area (Å²) in [5.74, 6) is -0.154. The molecule has 7 nitrogen and oxygen atoms in total. The van der Waals surface area contributed by atoms with Crippen LogP contribution in [0.3, 0.4) is 0 Å². The lowest BCUT2D eigenvalue weighted by Crippen LogP contribution is -2.39. The van der Waals surface area contributed by atoms with Crippen molar-refractivity contribution in [1.29, 1.82) is 0 Å². The molecule has 3 heterocycles. The highest BCUT2D eigenvalue weighted by Gasteiger charge is 2.26. The third-order valence-corrected chi connectivity index (χ3v) is 3.77. The fraction of sp³-hybridized carbons (Fsp3) is 0.364. The topological polar surface area (TPSA) is 91.8 Å². The van der Waals surface area contributed by atoms with Gasteiger partial charge >= 0.3 is 0 Å². The zero-order valence-electron chi connectivity index (χ0n) is 10.2. The van der Waals surface area contributed by atoms with Crippen molar-refractivity contribution in [1.82, 2.24) is 23.6 Å². The summed E-state index contributed by atoms with van der Waals surface area (Å²) in [6, 6.07) is 0. The summed E-state index contributed by atoms with van der Waals surface area (Å²) in [6.07, 6.45) is 1.88. The van der Waals surface area contributed by atoms with Gasteiger partial charge in [0.05, 0.1) is 36.0 Å². The Kier molecular flexibility index (Phi) is 2.86. The fourth-order valence-corrected chi connectivity index (χ4v) is 2.66. The SMILES string of the molecule is Cc1nsnc1C(=O)N1CCc2c(nc[nH]c2=O)C1. The Morgan fingerprint density at radius 1 is 1.47 bits per heavy atom. The molecule has 1 aliphatic rings. The highest BCUT2D eigenvalue weighted by atomic mass is 32.1. The number of fused-ring (bicyclic) bond motifs is 1. The monoisotopic (exact) mass is 277 g/mol. The third-order valence-electron chi connectivity index (χ3n) is 3.15. The van der Waals surface area contributed by atoms with Gasteiger partial charge in [-0.1, -0.05) is 0 Å². The lowest BCUT2D eigenvalue weighted by molar-refractivity contribution is 0.0725. The van der Waals surface area contributed by atoms with Crippen LogP contribution in [0.5, 0.6) is 0 Å². The zero-order chi connectivity index (χ0) is 13.4. The van der Waals surface area contributed by atoms with E-state index in [4.69, 9.17) is 0 Å². The number of hydrogen-bond acceptors (Lipinski definition) is 6. The van der Waals surface area contributed by atoms with E-state index >= 15 is 0 Å². The number of carbonyl (C=O) groups excluding carboxylic acids is 1. The van der Waals surface area contributed by atoms with E-state index in [1.165, 1.54) is 6.33 Å². The van der Waals surface area contributed by atoms with E-state index in [0.717, 1.165) is 11.7 Å². The highest BCUT2D eigenvalue weighted by molar-refractivity contribution is 6.99. The summed E-state index contributed by atoms with van der Waals surface area (Å²) >= 11 is 1.03. The molecule has 2 aromatic rings. The van der Waals surface area contributed by atoms with Crippen LogP contribution in [0.1, 0.15) is 27.4 Å². The first-order valence-corrected chi connectivity index (χ1v) is 6.53. The van der Waals surface area contributed by atoms with Crippen LogP contribution in [-0.2, 0) is 13.0 Å². The van der Waals surface area contributed by atoms with Crippen molar-refractivity contribution in [2.24, 2.45) is 0 Å². The number of aromatic amines is 1. The Bertz CT molecular complexity index is 692. The van der Waals surface area contributed by atoms with Crippen molar-refractivity contribution >= 4 is 17.6 Å². The van der Waals surface area contributed by atoms with Crippen molar-refractivity contribution in [3.05, 3.63) is 39.3 Å². The molecular formula is C11H11N5O2S. The van der Waals surface area contributed by atoms with Crippen LogP contribution < -0.4 is 5.56 Å². The molecule has 1 aliphatic heterocycles. The van der Waals surface area contributed by atoms with Gasteiger partial charge in [0, 0.05) is 12.1 Å². The van der Waals surface area contributed by atoms with E-state index in [-0.39, 0.29) is 11.5 Å². The molecule has 0 saturated carbocycles. The molecule has 0 atom stereocenters. The van der Waals surface area contributed by atoms with Crippen LogP contribution in [0.2, 0.25) is 0 Å². The van der Waals surface area contributed by atoms with Crippen LogP contribution in [0.15, 0.2) is 11.1 Å². The van der Waals surface area contributed by atoms with E-state index in [1.807, 2.05) is 0 Å². The summed E-state index contributed by atoms with van der Waals surface area (Å²) in [4.78, 5) is 32.2. The fourth-order valence-electron chi connectivity index (χ4n) is 2.11. The van der Waals surface area contributed by atoms with Crippen LogP contribution in [0.25, 0.3) is 0 Å². The predicted molar refractivity (Wildman–Crippen MR) is 67.9 cm³/mol. The van der Waals surface area contributed by atoms with Crippen molar-refractivity contribution in [3.8, 4) is 0 Å². The minimum absolute atomic E-state index is 0.122. The Morgan fingerprint density at radius 3 is 3.05 bits per heavy atom. The number of rotatable bonds is 1. The van der Waals surface area contributed by atoms with Gasteiger partial charge in [-0.15, -0.1) is 0 Å². The molecule has 0 saturated heterocycles. The summed E-state index contributed by atoms with van der Waals surface area (Å²) in [5, 5.41) is 0. The number of carbonyl (C=O) groups is 1. The van der Waals surface area contributed by atoms with Gasteiger partial charge in [0.2, 0.25) is 0 Å². The largest absolute Gasteiger partial charge is 0.331 e. The van der Waals surface area contributed by atoms with Crippen molar-refractivity contribution in [3.63, 3.8) is 0 Å². The number of nitrogens with one attached hydrogen (secondary N) is 1. The number of aryl methyl sites for hydroxylation is 1. The van der Waals surface area contributed by atoms with Gasteiger partial charge < -0.3 is 9.88 Å². The second-order valence-corrected chi connectivity index (χ2v) is 4.86. The molecule has 98 valence electrons. The molecule has 0 spiro atoms. The summed E-state index contributed by atoms with van der Waals surface area (Å²) in [7, 11) is 0. The molecule has 0 radical (unpaired) electrons. The molecule has 8 heteroatoms. The Hall–Kier alpha value is -2.09. The quantitative estimate of drug-likeness (QED) is 0.799. The van der Waals surface area contributed by atoms with Gasteiger partial charge in [0.25, 0.3) is 11.5 Å². The lowest BCUT2D eigenvalue weighted by atomic mass is 10.1. The summed E-state index contributed by atoms with van der Waals surface area (Å²) in [6.45, 7) is 2.60. The molecule has 1 N–H and O–H groups in total. The molecule has 0 aromatic carbocycles. The second-order valence-electron chi connectivity index (χ2n) is 4.33. The Labute approximate surface area is 112 Å². The molecule has 1 amide bonds. The predicted octanol–water partition coefficient (Wildman–Crippen LogP) is 0.128. The molecule has 2 aromatic heterocycles. The van der Waals surface area contributed by atoms with E-state index in [1.54, 1.807) is 11.8 Å². The summed E-state index contributed by atoms with van der Waals surface area (Å²) in [5.41, 5.74) is 2.23. The first kappa shape index (κ1) is 12.0. The van der Waals surface area contributed by atoms with Crippen molar-refractivity contribution < 1.29 is 4.79 Å². The Balaban J connectivity index is 1.89. The van der Waals surface area contributed by atoms with E-state index in [2.05, 4.69) is 18.7 Å². The van der Waals surface area contributed by atoms with Crippen LogP contribution >= 0.6 is 11.7 Å². The zero-order valence-corrected chi connectivity index (χ0v) is 11.0. The highest BCUT2D eigenvalue weighted by Crippen LogP contribution is 2.16. The maximum Gasteiger partial charge on any atom is 0.275 e. The van der Waals surface area contributed by atoms with E-state index < -0.39 is 0 Å². The number of amides is 1. The third kappa shape index (κ3) is 2.03. The van der Waals surface area contributed by atoms with Gasteiger partial charge in [0.15, 0.2) is 5.69 Å². The number of hydrogen-bond donors (Lipinski definition) is 1. The average molecular weight is 277 g/mol. The number of aromatic nitrogens is 4. The van der Waals surface area contributed by atoms with E-state index in [0.29, 0.717) is 42.2 Å². The van der Waals surface area contributed by atoms with Gasteiger partial charge in [0.1, 0.15) is 0 Å². The number of nitrogens with zero attached hydrogens (tertiary/aromatic N) is 4. The van der Waals surface area contributed by atoms with Crippen LogP contribution in [0.4, 0.5) is 0 Å². The molecular weight excluding hydrogens is 266 g/mol. The standard InChI is InChI=1S/C11H11N5O2S/c1-6-9(15-19-14-6)11(18)16-3-2-7-8(4-16)12-5-13-10(7)17/h5H,2-4H2,1H3,(H,12,13,17). The van der Waals surface area contributed by atoms with Crippen molar-refractivity contribution in [2.75, 3.05) is 6.54 Å². The van der Waals surface area contributed by atoms with Gasteiger partial charge in [-0.05, 0) is 13.3 Å². The molecule has 3 rings (SSSR count). The van der Waals surface area contributed by atoms with Crippen LogP contribution in [0, 0.1) is 6.92 Å². The van der Waals surface area contributed by atoms with Crippen LogP contribution in [-0.4, -0.2) is 36.1 Å². The molecule has 0 bridgehead atoms. The van der Waals surface area contributed by atoms with Gasteiger partial charge in [-0.2, -0.15) is 8.75 Å².